The number of nitrogens with one attached hydrogen (secondary N) is 1. The second-order valence-corrected chi connectivity index (χ2v) is 6.23. The zero-order valence-electron chi connectivity index (χ0n) is 12.0. The lowest BCUT2D eigenvalue weighted by molar-refractivity contribution is -0.314. The minimum atomic E-state index is -1.05. The Kier molecular flexibility index (Phi) is 3.95. The van der Waals surface area contributed by atoms with Crippen LogP contribution in [0.1, 0.15) is 24.8 Å². The number of benzene rings is 1. The number of carbonyl (C=O) groups is 2. The van der Waals surface area contributed by atoms with Crippen LogP contribution in [-0.2, 0) is 16.0 Å². The fourth-order valence-electron chi connectivity index (χ4n) is 4.10. The van der Waals surface area contributed by atoms with Gasteiger partial charge in [0.1, 0.15) is 0 Å². The zero-order valence-corrected chi connectivity index (χ0v) is 12.0. The number of carboxylic acids is 1. The maximum atomic E-state index is 12.3. The van der Waals surface area contributed by atoms with E-state index in [2.05, 4.69) is 5.32 Å². The standard InChI is InChI=1S/C17H21NO3/c19-16(18-9-8-11-4-2-1-3-5-11)14-12-6-7-13(10-12)15(14)17(20)21/h1-5,12-15H,6-10H2,(H,18,19)(H,20,21)/p-1/t12-,13+,14-,15+/m1/s1. The molecule has 0 radical (unpaired) electrons. The van der Waals surface area contributed by atoms with Crippen LogP contribution in [0.25, 0.3) is 0 Å². The summed E-state index contributed by atoms with van der Waals surface area (Å²) in [6, 6.07) is 9.95. The number of carboxylic acid groups (broad SMARTS) is 1. The number of amides is 1. The molecule has 1 amide bonds. The van der Waals surface area contributed by atoms with Crippen molar-refractivity contribution in [1.29, 1.82) is 0 Å². The van der Waals surface area contributed by atoms with Gasteiger partial charge in [-0.2, -0.15) is 0 Å². The summed E-state index contributed by atoms with van der Waals surface area (Å²) in [7, 11) is 0. The molecule has 0 spiro atoms. The molecule has 1 aromatic rings. The van der Waals surface area contributed by atoms with Gasteiger partial charge in [0, 0.05) is 24.3 Å². The predicted octanol–water partition coefficient (Wildman–Crippen LogP) is 0.757. The summed E-state index contributed by atoms with van der Waals surface area (Å²) in [5, 5.41) is 14.2. The number of aliphatic carboxylic acids is 1. The Morgan fingerprint density at radius 1 is 1.10 bits per heavy atom. The van der Waals surface area contributed by atoms with E-state index in [9.17, 15) is 14.7 Å². The van der Waals surface area contributed by atoms with Gasteiger partial charge in [0.25, 0.3) is 0 Å². The van der Waals surface area contributed by atoms with Crippen LogP contribution in [0.4, 0.5) is 0 Å². The van der Waals surface area contributed by atoms with Crippen LogP contribution < -0.4 is 10.4 Å². The van der Waals surface area contributed by atoms with Gasteiger partial charge in [0.2, 0.25) is 5.91 Å². The SMILES string of the molecule is O=C(NCCc1ccccc1)[C@@H]1[C@@H]2CC[C@@H](C2)[C@@H]1C(=O)[O-]. The first-order valence-corrected chi connectivity index (χ1v) is 7.69. The van der Waals surface area contributed by atoms with Gasteiger partial charge in [-0.1, -0.05) is 30.3 Å². The summed E-state index contributed by atoms with van der Waals surface area (Å²) in [5.74, 6) is -1.75. The number of hydrogen-bond donors (Lipinski definition) is 1. The Morgan fingerprint density at radius 2 is 1.76 bits per heavy atom. The highest BCUT2D eigenvalue weighted by molar-refractivity contribution is 5.85. The van der Waals surface area contributed by atoms with Gasteiger partial charge in [-0.15, -0.1) is 0 Å². The van der Waals surface area contributed by atoms with E-state index < -0.39 is 11.9 Å². The largest absolute Gasteiger partial charge is 0.550 e. The maximum Gasteiger partial charge on any atom is 0.224 e. The van der Waals surface area contributed by atoms with Gasteiger partial charge in [0.05, 0.1) is 0 Å². The summed E-state index contributed by atoms with van der Waals surface area (Å²) < 4.78 is 0. The first kappa shape index (κ1) is 14.1. The molecule has 3 rings (SSSR count). The van der Waals surface area contributed by atoms with Crippen LogP contribution in [0.15, 0.2) is 30.3 Å². The molecule has 0 unspecified atom stereocenters. The maximum absolute atomic E-state index is 12.3. The molecule has 4 heteroatoms. The van der Waals surface area contributed by atoms with Crippen LogP contribution in [-0.4, -0.2) is 18.4 Å². The molecule has 4 atom stereocenters. The lowest BCUT2D eigenvalue weighted by Gasteiger charge is -2.30. The van der Waals surface area contributed by atoms with Crippen LogP contribution >= 0.6 is 0 Å². The Hall–Kier alpha value is -1.84. The molecular formula is C17H20NO3-. The van der Waals surface area contributed by atoms with Crippen molar-refractivity contribution in [3.05, 3.63) is 35.9 Å². The predicted molar refractivity (Wildman–Crippen MR) is 76.0 cm³/mol. The first-order chi connectivity index (χ1) is 10.2. The lowest BCUT2D eigenvalue weighted by Crippen LogP contribution is -2.46. The van der Waals surface area contributed by atoms with Gasteiger partial charge >= 0.3 is 0 Å². The normalized spacial score (nSPS) is 30.3. The van der Waals surface area contributed by atoms with Gasteiger partial charge in [-0.3, -0.25) is 4.79 Å². The average molecular weight is 286 g/mol. The van der Waals surface area contributed by atoms with Crippen molar-refractivity contribution in [2.24, 2.45) is 23.7 Å². The topological polar surface area (TPSA) is 69.2 Å². The van der Waals surface area contributed by atoms with Gasteiger partial charge in [0.15, 0.2) is 0 Å². The van der Waals surface area contributed by atoms with Gasteiger partial charge in [-0.25, -0.2) is 0 Å². The lowest BCUT2D eigenvalue weighted by atomic mass is 9.78. The highest BCUT2D eigenvalue weighted by atomic mass is 16.4. The van der Waals surface area contributed by atoms with E-state index in [-0.39, 0.29) is 23.7 Å². The fraction of sp³-hybridized carbons (Fsp3) is 0.529. The van der Waals surface area contributed by atoms with Gasteiger partial charge in [-0.05, 0) is 43.1 Å². The van der Waals surface area contributed by atoms with E-state index in [1.54, 1.807) is 0 Å². The fourth-order valence-corrected chi connectivity index (χ4v) is 4.10. The van der Waals surface area contributed by atoms with E-state index in [4.69, 9.17) is 0 Å². The van der Waals surface area contributed by atoms with Crippen molar-refractivity contribution < 1.29 is 14.7 Å². The van der Waals surface area contributed by atoms with Crippen molar-refractivity contribution >= 4 is 11.9 Å². The van der Waals surface area contributed by atoms with Crippen LogP contribution in [0.3, 0.4) is 0 Å². The number of fused-ring (bicyclic) bond motifs is 2. The third-order valence-electron chi connectivity index (χ3n) is 5.05. The number of carbonyl (C=O) groups excluding carboxylic acids is 2. The van der Waals surface area contributed by atoms with E-state index >= 15 is 0 Å². The monoisotopic (exact) mass is 286 g/mol. The van der Waals surface area contributed by atoms with Gasteiger partial charge < -0.3 is 15.2 Å². The minimum absolute atomic E-state index is 0.104. The summed E-state index contributed by atoms with van der Waals surface area (Å²) in [6.45, 7) is 0.552. The quantitative estimate of drug-likeness (QED) is 0.868. The van der Waals surface area contributed by atoms with Crippen LogP contribution in [0.2, 0.25) is 0 Å². The number of rotatable bonds is 5. The molecule has 2 aliphatic rings. The van der Waals surface area contributed by atoms with Crippen molar-refractivity contribution in [3.63, 3.8) is 0 Å². The summed E-state index contributed by atoms with van der Waals surface area (Å²) in [4.78, 5) is 23.6. The Balaban J connectivity index is 1.56. The third-order valence-corrected chi connectivity index (χ3v) is 5.05. The molecule has 0 aliphatic heterocycles. The zero-order chi connectivity index (χ0) is 14.8. The molecular weight excluding hydrogens is 266 g/mol. The minimum Gasteiger partial charge on any atom is -0.550 e. The molecule has 2 saturated carbocycles. The average Bonchev–Trinajstić information content (AvgIpc) is 3.08. The highest BCUT2D eigenvalue weighted by Gasteiger charge is 2.51. The Morgan fingerprint density at radius 3 is 2.43 bits per heavy atom. The molecule has 2 bridgehead atoms. The second kappa shape index (κ2) is 5.88. The van der Waals surface area contributed by atoms with E-state index in [1.807, 2.05) is 30.3 Å². The van der Waals surface area contributed by atoms with Crippen molar-refractivity contribution in [2.45, 2.75) is 25.7 Å². The highest BCUT2D eigenvalue weighted by Crippen LogP contribution is 2.52. The molecule has 2 aliphatic carbocycles. The molecule has 0 heterocycles. The van der Waals surface area contributed by atoms with Crippen LogP contribution in [0.5, 0.6) is 0 Å². The molecule has 0 saturated heterocycles. The number of hydrogen-bond acceptors (Lipinski definition) is 3. The molecule has 2 fully saturated rings. The van der Waals surface area contributed by atoms with Crippen LogP contribution in [0, 0.1) is 23.7 Å². The Bertz CT molecular complexity index is 528. The molecule has 0 aromatic heterocycles. The molecule has 21 heavy (non-hydrogen) atoms. The van der Waals surface area contributed by atoms with E-state index in [1.165, 1.54) is 5.56 Å². The van der Waals surface area contributed by atoms with Crippen molar-refractivity contribution in [3.8, 4) is 0 Å². The van der Waals surface area contributed by atoms with Crippen molar-refractivity contribution in [2.75, 3.05) is 6.54 Å². The molecule has 1 N–H and O–H groups in total. The Labute approximate surface area is 124 Å². The third kappa shape index (κ3) is 2.80. The molecule has 1 aromatic carbocycles. The van der Waals surface area contributed by atoms with E-state index in [0.717, 1.165) is 25.7 Å². The second-order valence-electron chi connectivity index (χ2n) is 6.23. The molecule has 4 nitrogen and oxygen atoms in total. The summed E-state index contributed by atoms with van der Waals surface area (Å²) in [5.41, 5.74) is 1.17. The van der Waals surface area contributed by atoms with E-state index in [0.29, 0.717) is 6.54 Å². The smallest absolute Gasteiger partial charge is 0.224 e. The first-order valence-electron chi connectivity index (χ1n) is 7.69. The molecule has 112 valence electrons. The summed E-state index contributed by atoms with van der Waals surface area (Å²) in [6.07, 6.45) is 3.54. The summed E-state index contributed by atoms with van der Waals surface area (Å²) >= 11 is 0. The van der Waals surface area contributed by atoms with Crippen molar-refractivity contribution in [1.82, 2.24) is 5.32 Å².